The highest BCUT2D eigenvalue weighted by atomic mass is 19.3. The third-order valence-electron chi connectivity index (χ3n) is 2.95. The van der Waals surface area contributed by atoms with E-state index in [2.05, 4.69) is 10.3 Å². The van der Waals surface area contributed by atoms with E-state index in [1.807, 2.05) is 13.8 Å². The van der Waals surface area contributed by atoms with Crippen LogP contribution in [0.1, 0.15) is 46.0 Å². The van der Waals surface area contributed by atoms with E-state index in [9.17, 15) is 8.78 Å². The van der Waals surface area contributed by atoms with Gasteiger partial charge in [-0.15, -0.1) is 0 Å². The largest absolute Gasteiger partial charge is 0.370 e. The average Bonchev–Trinajstić information content (AvgIpc) is 2.35. The number of alkyl halides is 2. The molecule has 1 rings (SSSR count). The molecule has 1 saturated carbocycles. The number of hydrogen-bond donors (Lipinski definition) is 2. The van der Waals surface area contributed by atoms with Crippen LogP contribution in [0.5, 0.6) is 0 Å². The van der Waals surface area contributed by atoms with Crippen molar-refractivity contribution in [2.75, 3.05) is 6.54 Å². The van der Waals surface area contributed by atoms with Gasteiger partial charge in [0.15, 0.2) is 5.96 Å². The van der Waals surface area contributed by atoms with Gasteiger partial charge in [-0.05, 0) is 32.6 Å². The number of rotatable bonds is 3. The van der Waals surface area contributed by atoms with Gasteiger partial charge in [-0.2, -0.15) is 0 Å². The Kier molecular flexibility index (Phi) is 5.15. The smallest absolute Gasteiger partial charge is 0.248 e. The van der Waals surface area contributed by atoms with E-state index in [-0.39, 0.29) is 24.8 Å². The van der Waals surface area contributed by atoms with E-state index in [1.54, 1.807) is 0 Å². The molecule has 0 aromatic heterocycles. The van der Waals surface area contributed by atoms with E-state index in [0.717, 1.165) is 12.8 Å². The standard InChI is InChI=1S/C12H23F2N3/c1-9(2)17-11(15)16-8-10-5-3-4-6-12(13,14)7-10/h9-10H,3-8H2,1-2H3,(H3,15,16,17). The normalized spacial score (nSPS) is 25.7. The van der Waals surface area contributed by atoms with Crippen LogP contribution in [-0.4, -0.2) is 24.5 Å². The molecule has 1 atom stereocenters. The first-order valence-electron chi connectivity index (χ1n) is 6.33. The summed E-state index contributed by atoms with van der Waals surface area (Å²) in [5.74, 6) is -2.20. The molecule has 0 aromatic rings. The lowest BCUT2D eigenvalue weighted by molar-refractivity contribution is -0.0241. The number of nitrogens with two attached hydrogens (primary N) is 1. The Morgan fingerprint density at radius 3 is 2.82 bits per heavy atom. The van der Waals surface area contributed by atoms with Crippen molar-refractivity contribution in [2.24, 2.45) is 16.6 Å². The molecule has 17 heavy (non-hydrogen) atoms. The van der Waals surface area contributed by atoms with Crippen molar-refractivity contribution in [3.05, 3.63) is 0 Å². The summed E-state index contributed by atoms with van der Waals surface area (Å²) >= 11 is 0. The molecule has 0 amide bonds. The van der Waals surface area contributed by atoms with Crippen molar-refractivity contribution < 1.29 is 8.78 Å². The van der Waals surface area contributed by atoms with Crippen LogP contribution < -0.4 is 11.1 Å². The number of aliphatic imine (C=N–C) groups is 1. The minimum atomic E-state index is -2.52. The fourth-order valence-electron chi connectivity index (χ4n) is 2.17. The lowest BCUT2D eigenvalue weighted by atomic mass is 9.99. The van der Waals surface area contributed by atoms with Gasteiger partial charge in [-0.3, -0.25) is 4.99 Å². The SMILES string of the molecule is CC(C)NC(N)=NCC1CCCCC(F)(F)C1. The summed E-state index contributed by atoms with van der Waals surface area (Å²) in [7, 11) is 0. The highest BCUT2D eigenvalue weighted by Gasteiger charge is 2.34. The summed E-state index contributed by atoms with van der Waals surface area (Å²) in [5, 5.41) is 2.96. The molecule has 100 valence electrons. The van der Waals surface area contributed by atoms with E-state index >= 15 is 0 Å². The second-order valence-corrected chi connectivity index (χ2v) is 5.20. The number of halogens is 2. The van der Waals surface area contributed by atoms with Crippen LogP contribution in [0.25, 0.3) is 0 Å². The Morgan fingerprint density at radius 2 is 2.18 bits per heavy atom. The van der Waals surface area contributed by atoms with Crippen LogP contribution >= 0.6 is 0 Å². The molecule has 3 nitrogen and oxygen atoms in total. The molecule has 5 heteroatoms. The van der Waals surface area contributed by atoms with Gasteiger partial charge < -0.3 is 11.1 Å². The van der Waals surface area contributed by atoms with Gasteiger partial charge in [0.2, 0.25) is 5.92 Å². The molecule has 0 bridgehead atoms. The van der Waals surface area contributed by atoms with Gasteiger partial charge in [0.05, 0.1) is 0 Å². The minimum Gasteiger partial charge on any atom is -0.370 e. The van der Waals surface area contributed by atoms with E-state index in [1.165, 1.54) is 0 Å². The maximum Gasteiger partial charge on any atom is 0.248 e. The number of nitrogens with one attached hydrogen (secondary N) is 1. The molecule has 1 fully saturated rings. The molecular formula is C12H23F2N3. The molecule has 0 aliphatic heterocycles. The van der Waals surface area contributed by atoms with Gasteiger partial charge in [0.25, 0.3) is 0 Å². The minimum absolute atomic E-state index is 0.0208. The molecule has 0 spiro atoms. The van der Waals surface area contributed by atoms with Gasteiger partial charge in [-0.25, -0.2) is 8.78 Å². The van der Waals surface area contributed by atoms with E-state index in [4.69, 9.17) is 5.73 Å². The maximum atomic E-state index is 13.4. The predicted octanol–water partition coefficient (Wildman–Crippen LogP) is 2.51. The summed E-state index contributed by atoms with van der Waals surface area (Å²) in [4.78, 5) is 4.15. The zero-order valence-electron chi connectivity index (χ0n) is 10.7. The zero-order chi connectivity index (χ0) is 12.9. The number of hydrogen-bond acceptors (Lipinski definition) is 1. The lowest BCUT2D eigenvalue weighted by Crippen LogP contribution is -2.37. The summed E-state index contributed by atoms with van der Waals surface area (Å²) in [5.41, 5.74) is 5.65. The first-order valence-corrected chi connectivity index (χ1v) is 6.33. The lowest BCUT2D eigenvalue weighted by Gasteiger charge is -2.18. The van der Waals surface area contributed by atoms with Crippen LogP contribution in [0.3, 0.4) is 0 Å². The highest BCUT2D eigenvalue weighted by molar-refractivity contribution is 5.78. The molecular weight excluding hydrogens is 224 g/mol. The van der Waals surface area contributed by atoms with Crippen molar-refractivity contribution >= 4 is 5.96 Å². The van der Waals surface area contributed by atoms with Crippen LogP contribution in [0, 0.1) is 5.92 Å². The average molecular weight is 247 g/mol. The second kappa shape index (κ2) is 6.17. The van der Waals surface area contributed by atoms with Gasteiger partial charge >= 0.3 is 0 Å². The third kappa shape index (κ3) is 5.84. The quantitative estimate of drug-likeness (QED) is 0.457. The fourth-order valence-corrected chi connectivity index (χ4v) is 2.17. The molecule has 3 N–H and O–H groups in total. The molecule has 1 aliphatic rings. The molecule has 0 aromatic carbocycles. The van der Waals surface area contributed by atoms with Gasteiger partial charge in [0.1, 0.15) is 0 Å². The first kappa shape index (κ1) is 14.2. The Bertz CT molecular complexity index is 264. The Hall–Kier alpha value is -0.870. The Labute approximate surface area is 102 Å². The summed E-state index contributed by atoms with van der Waals surface area (Å²) in [6.07, 6.45) is 2.28. The van der Waals surface area contributed by atoms with Crippen molar-refractivity contribution in [1.29, 1.82) is 0 Å². The first-order chi connectivity index (χ1) is 7.89. The number of nitrogens with zero attached hydrogens (tertiary/aromatic N) is 1. The maximum absolute atomic E-state index is 13.4. The van der Waals surface area contributed by atoms with Crippen molar-refractivity contribution in [3.8, 4) is 0 Å². The van der Waals surface area contributed by atoms with Crippen LogP contribution in [0.2, 0.25) is 0 Å². The van der Waals surface area contributed by atoms with Crippen LogP contribution in [0.4, 0.5) is 8.78 Å². The van der Waals surface area contributed by atoms with E-state index < -0.39 is 5.92 Å². The summed E-state index contributed by atoms with van der Waals surface area (Å²) in [6, 6.07) is 0.217. The molecule has 0 saturated heterocycles. The Balaban J connectivity index is 2.44. The van der Waals surface area contributed by atoms with Gasteiger partial charge in [0, 0.05) is 25.4 Å². The van der Waals surface area contributed by atoms with Crippen molar-refractivity contribution in [2.45, 2.75) is 57.9 Å². The van der Waals surface area contributed by atoms with Crippen molar-refractivity contribution in [3.63, 3.8) is 0 Å². The summed E-state index contributed by atoms with van der Waals surface area (Å²) < 4.78 is 26.7. The second-order valence-electron chi connectivity index (χ2n) is 5.20. The molecule has 0 radical (unpaired) electrons. The monoisotopic (exact) mass is 247 g/mol. The highest BCUT2D eigenvalue weighted by Crippen LogP contribution is 2.35. The summed E-state index contributed by atoms with van der Waals surface area (Å²) in [6.45, 7) is 4.32. The zero-order valence-corrected chi connectivity index (χ0v) is 10.7. The predicted molar refractivity (Wildman–Crippen MR) is 66.3 cm³/mol. The fraction of sp³-hybridized carbons (Fsp3) is 0.917. The molecule has 0 heterocycles. The van der Waals surface area contributed by atoms with Crippen LogP contribution in [0.15, 0.2) is 4.99 Å². The Morgan fingerprint density at radius 1 is 1.47 bits per heavy atom. The topological polar surface area (TPSA) is 50.4 Å². The van der Waals surface area contributed by atoms with Gasteiger partial charge in [-0.1, -0.05) is 6.42 Å². The molecule has 1 unspecified atom stereocenters. The third-order valence-corrected chi connectivity index (χ3v) is 2.95. The van der Waals surface area contributed by atoms with Crippen molar-refractivity contribution in [1.82, 2.24) is 5.32 Å². The number of guanidine groups is 1. The van der Waals surface area contributed by atoms with Crippen LogP contribution in [-0.2, 0) is 0 Å². The van der Waals surface area contributed by atoms with E-state index in [0.29, 0.717) is 18.9 Å². The molecule has 1 aliphatic carbocycles.